The third kappa shape index (κ3) is 4.51. The van der Waals surface area contributed by atoms with Crippen LogP contribution in [0.25, 0.3) is 0 Å². The van der Waals surface area contributed by atoms with Gasteiger partial charge in [-0.05, 0) is 38.3 Å². The molecule has 0 aromatic carbocycles. The summed E-state index contributed by atoms with van der Waals surface area (Å²) in [5, 5.41) is 3.36. The molecule has 1 aliphatic carbocycles. The van der Waals surface area contributed by atoms with Gasteiger partial charge in [0.1, 0.15) is 0 Å². The summed E-state index contributed by atoms with van der Waals surface area (Å²) >= 11 is 0. The molecule has 1 saturated carbocycles. The lowest BCUT2D eigenvalue weighted by molar-refractivity contribution is 0.530. The Hall–Kier alpha value is -1.58. The molecule has 0 radical (unpaired) electrons. The smallest absolute Gasteiger partial charge is 0.189 e. The van der Waals surface area contributed by atoms with Gasteiger partial charge in [-0.3, -0.25) is 4.98 Å². The number of aryl methyl sites for hydroxylation is 2. The number of nitrogens with zero attached hydrogens (tertiary/aromatic N) is 2. The predicted octanol–water partition coefficient (Wildman–Crippen LogP) is 2.83. The van der Waals surface area contributed by atoms with E-state index in [2.05, 4.69) is 28.3 Å². The van der Waals surface area contributed by atoms with Gasteiger partial charge in [-0.1, -0.05) is 31.7 Å². The Labute approximate surface area is 121 Å². The molecule has 1 aliphatic rings. The van der Waals surface area contributed by atoms with Crippen LogP contribution < -0.4 is 11.1 Å². The second-order valence-corrected chi connectivity index (χ2v) is 5.74. The second-order valence-electron chi connectivity index (χ2n) is 5.74. The molecule has 4 heteroatoms. The van der Waals surface area contributed by atoms with Crippen molar-refractivity contribution in [1.29, 1.82) is 0 Å². The zero-order chi connectivity index (χ0) is 14.4. The average Bonchev–Trinajstić information content (AvgIpc) is 2.69. The lowest BCUT2D eigenvalue weighted by atomic mass is 10.1. The number of nitrogens with one attached hydrogen (secondary N) is 1. The van der Waals surface area contributed by atoms with E-state index in [1.165, 1.54) is 44.1 Å². The van der Waals surface area contributed by atoms with Crippen LogP contribution in [0.2, 0.25) is 0 Å². The highest BCUT2D eigenvalue weighted by molar-refractivity contribution is 5.78. The minimum atomic E-state index is 0.494. The third-order valence-electron chi connectivity index (χ3n) is 4.03. The lowest BCUT2D eigenvalue weighted by Crippen LogP contribution is -2.39. The number of hydrogen-bond acceptors (Lipinski definition) is 2. The highest BCUT2D eigenvalue weighted by atomic mass is 15.1. The molecule has 0 aliphatic heterocycles. The Morgan fingerprint density at radius 2 is 1.95 bits per heavy atom. The molecule has 2 rings (SSSR count). The maximum atomic E-state index is 5.98. The number of hydrogen-bond donors (Lipinski definition) is 2. The fourth-order valence-corrected chi connectivity index (χ4v) is 2.62. The van der Waals surface area contributed by atoms with E-state index in [1.807, 2.05) is 13.0 Å². The summed E-state index contributed by atoms with van der Waals surface area (Å²) in [5.74, 6) is 0.553. The molecule has 1 aromatic rings. The summed E-state index contributed by atoms with van der Waals surface area (Å²) in [4.78, 5) is 8.93. The standard InChI is InChI=1S/C16H26N4/c1-12-9-10-15(19-13(12)2)11-18-16(17)20-14-7-5-3-4-6-8-14/h9-10,14H,3-8,11H2,1-2H3,(H3,17,18,20). The van der Waals surface area contributed by atoms with E-state index in [0.29, 0.717) is 18.5 Å². The number of guanidine groups is 1. The van der Waals surface area contributed by atoms with Crippen LogP contribution in [0.1, 0.15) is 55.5 Å². The Balaban J connectivity index is 1.87. The highest BCUT2D eigenvalue weighted by Crippen LogP contribution is 2.17. The number of aromatic nitrogens is 1. The monoisotopic (exact) mass is 274 g/mol. The van der Waals surface area contributed by atoms with Crippen LogP contribution in [0.5, 0.6) is 0 Å². The molecule has 0 bridgehead atoms. The van der Waals surface area contributed by atoms with Crippen LogP contribution in [-0.2, 0) is 6.54 Å². The number of nitrogens with two attached hydrogens (primary N) is 1. The molecule has 1 fully saturated rings. The normalized spacial score (nSPS) is 17.8. The van der Waals surface area contributed by atoms with Crippen molar-refractivity contribution >= 4 is 5.96 Å². The SMILES string of the molecule is Cc1ccc(CN=C(N)NC2CCCCCC2)nc1C. The van der Waals surface area contributed by atoms with E-state index >= 15 is 0 Å². The minimum Gasteiger partial charge on any atom is -0.370 e. The molecule has 1 aromatic heterocycles. The summed E-state index contributed by atoms with van der Waals surface area (Å²) in [6.07, 6.45) is 7.70. The molecule has 0 saturated heterocycles. The largest absolute Gasteiger partial charge is 0.370 e. The maximum absolute atomic E-state index is 5.98. The minimum absolute atomic E-state index is 0.494. The van der Waals surface area contributed by atoms with Gasteiger partial charge in [-0.25, -0.2) is 4.99 Å². The van der Waals surface area contributed by atoms with Gasteiger partial charge in [0.2, 0.25) is 0 Å². The van der Waals surface area contributed by atoms with Crippen molar-refractivity contribution in [2.45, 2.75) is 65.0 Å². The van der Waals surface area contributed by atoms with E-state index in [9.17, 15) is 0 Å². The summed E-state index contributed by atoms with van der Waals surface area (Å²) in [6.45, 7) is 4.64. The van der Waals surface area contributed by atoms with Gasteiger partial charge in [0.05, 0.1) is 12.2 Å². The first-order valence-corrected chi connectivity index (χ1v) is 7.65. The van der Waals surface area contributed by atoms with Crippen LogP contribution in [0.15, 0.2) is 17.1 Å². The van der Waals surface area contributed by atoms with Gasteiger partial charge in [0, 0.05) is 11.7 Å². The lowest BCUT2D eigenvalue weighted by Gasteiger charge is -2.16. The molecule has 4 nitrogen and oxygen atoms in total. The molecule has 3 N–H and O–H groups in total. The Kier molecular flexibility index (Phi) is 5.39. The summed E-state index contributed by atoms with van der Waals surface area (Å²) in [5.41, 5.74) is 9.23. The zero-order valence-corrected chi connectivity index (χ0v) is 12.7. The first-order chi connectivity index (χ1) is 9.65. The van der Waals surface area contributed by atoms with Crippen molar-refractivity contribution < 1.29 is 0 Å². The predicted molar refractivity (Wildman–Crippen MR) is 83.7 cm³/mol. The topological polar surface area (TPSA) is 63.3 Å². The molecule has 20 heavy (non-hydrogen) atoms. The molecule has 0 spiro atoms. The molecular weight excluding hydrogens is 248 g/mol. The van der Waals surface area contributed by atoms with Gasteiger partial charge in [0.15, 0.2) is 5.96 Å². The number of pyridine rings is 1. The van der Waals surface area contributed by atoms with Crippen LogP contribution in [-0.4, -0.2) is 17.0 Å². The Morgan fingerprint density at radius 1 is 1.25 bits per heavy atom. The van der Waals surface area contributed by atoms with E-state index < -0.39 is 0 Å². The van der Waals surface area contributed by atoms with Gasteiger partial charge in [0.25, 0.3) is 0 Å². The molecular formula is C16H26N4. The van der Waals surface area contributed by atoms with Gasteiger partial charge in [-0.15, -0.1) is 0 Å². The third-order valence-corrected chi connectivity index (χ3v) is 4.03. The molecule has 0 amide bonds. The maximum Gasteiger partial charge on any atom is 0.189 e. The summed E-state index contributed by atoms with van der Waals surface area (Å²) < 4.78 is 0. The van der Waals surface area contributed by atoms with Crippen molar-refractivity contribution in [2.24, 2.45) is 10.7 Å². The average molecular weight is 274 g/mol. The van der Waals surface area contributed by atoms with Crippen LogP contribution in [0.4, 0.5) is 0 Å². The molecule has 0 atom stereocenters. The van der Waals surface area contributed by atoms with Crippen molar-refractivity contribution in [3.8, 4) is 0 Å². The van der Waals surface area contributed by atoms with Gasteiger partial charge < -0.3 is 11.1 Å². The van der Waals surface area contributed by atoms with Gasteiger partial charge >= 0.3 is 0 Å². The summed E-state index contributed by atoms with van der Waals surface area (Å²) in [7, 11) is 0. The fraction of sp³-hybridized carbons (Fsp3) is 0.625. The Bertz CT molecular complexity index is 460. The zero-order valence-electron chi connectivity index (χ0n) is 12.7. The molecule has 1 heterocycles. The van der Waals surface area contributed by atoms with Gasteiger partial charge in [-0.2, -0.15) is 0 Å². The summed E-state index contributed by atoms with van der Waals surface area (Å²) in [6, 6.07) is 4.60. The first kappa shape index (κ1) is 14.8. The quantitative estimate of drug-likeness (QED) is 0.506. The first-order valence-electron chi connectivity index (χ1n) is 7.65. The van der Waals surface area contributed by atoms with E-state index in [1.54, 1.807) is 0 Å². The van der Waals surface area contributed by atoms with Crippen molar-refractivity contribution in [3.63, 3.8) is 0 Å². The van der Waals surface area contributed by atoms with Crippen molar-refractivity contribution in [2.75, 3.05) is 0 Å². The van der Waals surface area contributed by atoms with Crippen LogP contribution >= 0.6 is 0 Å². The number of rotatable bonds is 3. The molecule has 110 valence electrons. The van der Waals surface area contributed by atoms with E-state index in [-0.39, 0.29) is 0 Å². The van der Waals surface area contributed by atoms with Crippen LogP contribution in [0, 0.1) is 13.8 Å². The molecule has 0 unspecified atom stereocenters. The Morgan fingerprint density at radius 3 is 2.60 bits per heavy atom. The van der Waals surface area contributed by atoms with E-state index in [4.69, 9.17) is 5.73 Å². The van der Waals surface area contributed by atoms with Crippen molar-refractivity contribution in [1.82, 2.24) is 10.3 Å². The fourth-order valence-electron chi connectivity index (χ4n) is 2.62. The van der Waals surface area contributed by atoms with E-state index in [0.717, 1.165) is 11.4 Å². The van der Waals surface area contributed by atoms with Crippen LogP contribution in [0.3, 0.4) is 0 Å². The number of aliphatic imine (C=N–C) groups is 1. The van der Waals surface area contributed by atoms with Crippen molar-refractivity contribution in [3.05, 3.63) is 29.1 Å². The second kappa shape index (κ2) is 7.27. The highest BCUT2D eigenvalue weighted by Gasteiger charge is 2.12.